The lowest BCUT2D eigenvalue weighted by Gasteiger charge is -2.35. The number of quaternary nitrogens is 1. The van der Waals surface area contributed by atoms with E-state index in [-0.39, 0.29) is 18.7 Å². The molecule has 1 atom stereocenters. The van der Waals surface area contributed by atoms with Gasteiger partial charge in [0, 0.05) is 6.92 Å². The summed E-state index contributed by atoms with van der Waals surface area (Å²) in [5.41, 5.74) is 0. The van der Waals surface area contributed by atoms with Crippen LogP contribution in [0, 0.1) is 0 Å². The smallest absolute Gasteiger partial charge is 0.247 e. The predicted octanol–water partition coefficient (Wildman–Crippen LogP) is 3.72. The van der Waals surface area contributed by atoms with Gasteiger partial charge >= 0.3 is 0 Å². The van der Waals surface area contributed by atoms with E-state index in [2.05, 4.69) is 44.0 Å². The number of unbranched alkanes of at least 4 members (excludes halogenated alkanes) is 7. The summed E-state index contributed by atoms with van der Waals surface area (Å²) < 4.78 is 35.1. The van der Waals surface area contributed by atoms with E-state index in [9.17, 15) is 17.8 Å². The van der Waals surface area contributed by atoms with Crippen molar-refractivity contribution in [3.63, 3.8) is 0 Å². The van der Waals surface area contributed by atoms with Crippen LogP contribution in [0.5, 0.6) is 0 Å². The predicted molar refractivity (Wildman–Crippen MR) is 113 cm³/mol. The van der Waals surface area contributed by atoms with E-state index in [0.29, 0.717) is 6.42 Å². The maximum Gasteiger partial charge on any atom is 0.247 e. The van der Waals surface area contributed by atoms with Gasteiger partial charge in [0.25, 0.3) is 0 Å². The number of carbonyl (C=O) groups excluding carboxylic acids is 1. The molecule has 8 heteroatoms. The molecule has 0 rings (SSSR count). The number of nitrogens with zero attached hydrogens (tertiary/aromatic N) is 1. The van der Waals surface area contributed by atoms with Crippen LogP contribution in [0.4, 0.5) is 0 Å². The van der Waals surface area contributed by atoms with Gasteiger partial charge in [-0.15, -0.1) is 0 Å². The second-order valence-electron chi connectivity index (χ2n) is 7.60. The molecule has 0 heterocycles. The van der Waals surface area contributed by atoms with Crippen molar-refractivity contribution in [3.8, 4) is 0 Å². The third kappa shape index (κ3) is 19.8. The molecular weight excluding hydrogens is 380 g/mol. The minimum Gasteiger partial charge on any atom is -0.726 e. The molecule has 0 saturated carbocycles. The number of carbonyl (C=O) groups is 1. The Morgan fingerprint density at radius 2 is 1.57 bits per heavy atom. The zero-order valence-electron chi connectivity index (χ0n) is 18.5. The third-order valence-electron chi connectivity index (χ3n) is 4.61. The summed E-state index contributed by atoms with van der Waals surface area (Å²) in [5.74, 6) is -0.102. The van der Waals surface area contributed by atoms with Gasteiger partial charge in [0.15, 0.2) is 6.17 Å². The first-order chi connectivity index (χ1) is 13.0. The highest BCUT2D eigenvalue weighted by molar-refractivity contribution is 7.80. The van der Waals surface area contributed by atoms with E-state index >= 15 is 0 Å². The average molecular weight is 423 g/mol. The van der Waals surface area contributed by atoms with Gasteiger partial charge in [0.2, 0.25) is 16.3 Å². The average Bonchev–Trinajstić information content (AvgIpc) is 2.59. The lowest BCUT2D eigenvalue weighted by Crippen LogP contribution is -2.56. The fraction of sp³-hybridized carbons (Fsp3) is 0.850. The lowest BCUT2D eigenvalue weighted by molar-refractivity contribution is -0.915. The Morgan fingerprint density at radius 3 is 2.00 bits per heavy atom. The second kappa shape index (κ2) is 16.9. The van der Waals surface area contributed by atoms with Crippen molar-refractivity contribution < 1.29 is 26.4 Å². The van der Waals surface area contributed by atoms with Crippen molar-refractivity contribution in [2.45, 2.75) is 84.7 Å². The van der Waals surface area contributed by atoms with Crippen LogP contribution in [0.1, 0.15) is 78.6 Å². The molecule has 0 aromatic rings. The monoisotopic (exact) mass is 422 g/mol. The van der Waals surface area contributed by atoms with Gasteiger partial charge in [-0.05, 0) is 18.9 Å². The minimum absolute atomic E-state index is 0.0286. The zero-order valence-corrected chi connectivity index (χ0v) is 19.4. The Morgan fingerprint density at radius 1 is 1.07 bits per heavy atom. The molecule has 0 aromatic carbocycles. The molecule has 0 radical (unpaired) electrons. The highest BCUT2D eigenvalue weighted by Crippen LogP contribution is 2.08. The minimum atomic E-state index is -4.48. The molecule has 0 aliphatic carbocycles. The van der Waals surface area contributed by atoms with Crippen molar-refractivity contribution >= 4 is 16.3 Å². The summed E-state index contributed by atoms with van der Waals surface area (Å²) in [7, 11) is -0.262. The second-order valence-corrected chi connectivity index (χ2v) is 8.65. The third-order valence-corrected chi connectivity index (χ3v) is 5.07. The number of rotatable bonds is 15. The van der Waals surface area contributed by atoms with Gasteiger partial charge in [0.1, 0.15) is 0 Å². The van der Waals surface area contributed by atoms with Crippen LogP contribution in [0.3, 0.4) is 0 Å². The number of hydrogen-bond acceptors (Lipinski definition) is 5. The number of hydrogen-bond donors (Lipinski definition) is 1. The van der Waals surface area contributed by atoms with Crippen molar-refractivity contribution in [2.24, 2.45) is 0 Å². The Bertz CT molecular complexity index is 507. The van der Waals surface area contributed by atoms with E-state index in [4.69, 9.17) is 0 Å². The highest BCUT2D eigenvalue weighted by Gasteiger charge is 2.23. The van der Waals surface area contributed by atoms with Crippen molar-refractivity contribution in [1.29, 1.82) is 0 Å². The lowest BCUT2D eigenvalue weighted by atomic mass is 10.1. The van der Waals surface area contributed by atoms with Crippen molar-refractivity contribution in [3.05, 3.63) is 12.7 Å². The van der Waals surface area contributed by atoms with Crippen LogP contribution in [-0.2, 0) is 19.4 Å². The first-order valence-corrected chi connectivity index (χ1v) is 11.7. The maximum atomic E-state index is 11.0. The van der Waals surface area contributed by atoms with Crippen LogP contribution in [-0.4, -0.2) is 56.8 Å². The maximum absolute atomic E-state index is 11.0. The van der Waals surface area contributed by atoms with Gasteiger partial charge < -0.3 is 14.4 Å². The Balaban J connectivity index is 0. The van der Waals surface area contributed by atoms with E-state index in [1.165, 1.54) is 38.2 Å². The van der Waals surface area contributed by atoms with Crippen LogP contribution in [0.25, 0.3) is 0 Å². The molecule has 0 aliphatic rings. The highest BCUT2D eigenvalue weighted by atomic mass is 32.3. The van der Waals surface area contributed by atoms with Gasteiger partial charge in [0.05, 0.1) is 27.2 Å². The Kier molecular flexibility index (Phi) is 17.7. The van der Waals surface area contributed by atoms with Crippen LogP contribution in [0.2, 0.25) is 0 Å². The fourth-order valence-electron chi connectivity index (χ4n) is 2.61. The summed E-state index contributed by atoms with van der Waals surface area (Å²) in [5, 5.41) is 2.87. The molecular formula is C20H42N2O5S. The van der Waals surface area contributed by atoms with Gasteiger partial charge in [-0.25, -0.2) is 8.42 Å². The van der Waals surface area contributed by atoms with Crippen LogP contribution < -0.4 is 5.32 Å². The molecule has 7 nitrogen and oxygen atoms in total. The molecule has 0 saturated heterocycles. The molecule has 0 spiro atoms. The molecule has 1 amide bonds. The summed E-state index contributed by atoms with van der Waals surface area (Å²) in [6.45, 7) is 10.8. The molecule has 0 fully saturated rings. The SMILES string of the molecule is C=CC(=O)NC(C)[N+](C)(C)CCC.CCCCCCCCCCOS(=O)(=O)[O-]. The molecule has 0 aromatic heterocycles. The topological polar surface area (TPSA) is 95.5 Å². The zero-order chi connectivity index (χ0) is 22.1. The Hall–Kier alpha value is -0.960. The van der Waals surface area contributed by atoms with Gasteiger partial charge in [-0.2, -0.15) is 0 Å². The summed E-state index contributed by atoms with van der Waals surface area (Å²) in [6, 6.07) is 0. The normalized spacial score (nSPS) is 12.6. The molecule has 1 unspecified atom stereocenters. The molecule has 28 heavy (non-hydrogen) atoms. The first kappa shape index (κ1) is 29.2. The van der Waals surface area contributed by atoms with Crippen molar-refractivity contribution in [1.82, 2.24) is 5.32 Å². The van der Waals surface area contributed by atoms with E-state index in [0.717, 1.165) is 30.3 Å². The molecule has 0 aliphatic heterocycles. The summed E-state index contributed by atoms with van der Waals surface area (Å²) >= 11 is 0. The largest absolute Gasteiger partial charge is 0.726 e. The van der Waals surface area contributed by atoms with E-state index in [1.54, 1.807) is 0 Å². The fourth-order valence-corrected chi connectivity index (χ4v) is 2.93. The van der Waals surface area contributed by atoms with Gasteiger partial charge in [-0.1, -0.05) is 65.4 Å². The first-order valence-electron chi connectivity index (χ1n) is 10.4. The van der Waals surface area contributed by atoms with Crippen molar-refractivity contribution in [2.75, 3.05) is 27.2 Å². The molecule has 1 N–H and O–H groups in total. The summed E-state index contributed by atoms with van der Waals surface area (Å²) in [6.07, 6.45) is 11.5. The number of nitrogens with one attached hydrogen (secondary N) is 1. The van der Waals surface area contributed by atoms with Gasteiger partial charge in [-0.3, -0.25) is 8.98 Å². The standard InChI is InChI=1S/C10H20N2O.C10H22O4S/c1-6-8-12(4,5)9(3)11-10(13)7-2;1-2-3-4-5-6-7-8-9-10-14-15(11,12)13/h7,9H,2,6,8H2,1,3-5H3;2-10H2,1H3,(H,11,12,13). The van der Waals surface area contributed by atoms with Crippen LogP contribution >= 0.6 is 0 Å². The van der Waals surface area contributed by atoms with E-state index in [1.807, 2.05) is 6.92 Å². The Labute approximate surface area is 173 Å². The number of amides is 1. The quantitative estimate of drug-likeness (QED) is 0.108. The summed E-state index contributed by atoms with van der Waals surface area (Å²) in [4.78, 5) is 11.0. The van der Waals surface area contributed by atoms with E-state index < -0.39 is 10.4 Å². The molecule has 0 bridgehead atoms. The van der Waals surface area contributed by atoms with Crippen LogP contribution in [0.15, 0.2) is 12.7 Å². The molecule has 168 valence electrons.